The van der Waals surface area contributed by atoms with Gasteiger partial charge in [-0.2, -0.15) is 5.10 Å². The van der Waals surface area contributed by atoms with Crippen LogP contribution in [0.5, 0.6) is 0 Å². The molecule has 1 aromatic heterocycles. The topological polar surface area (TPSA) is 93.2 Å². The van der Waals surface area contributed by atoms with E-state index in [1.807, 2.05) is 54.3 Å². The summed E-state index contributed by atoms with van der Waals surface area (Å²) in [6, 6.07) is 20.0. The lowest BCUT2D eigenvalue weighted by atomic mass is 9.73. The molecule has 2 heterocycles. The molecule has 1 fully saturated rings. The average molecular weight is 482 g/mol. The molecule has 2 amide bonds. The van der Waals surface area contributed by atoms with Gasteiger partial charge in [-0.1, -0.05) is 60.7 Å². The van der Waals surface area contributed by atoms with Gasteiger partial charge in [0.2, 0.25) is 5.91 Å². The number of aromatic nitrogens is 2. The van der Waals surface area contributed by atoms with E-state index in [-0.39, 0.29) is 11.6 Å². The van der Waals surface area contributed by atoms with Crippen molar-refractivity contribution in [3.8, 4) is 5.69 Å². The Balaban J connectivity index is 1.42. The molecule has 1 aliphatic carbocycles. The van der Waals surface area contributed by atoms with E-state index in [4.69, 9.17) is 5.73 Å². The molecule has 0 bridgehead atoms. The van der Waals surface area contributed by atoms with Crippen molar-refractivity contribution >= 4 is 17.4 Å². The zero-order chi connectivity index (χ0) is 25.1. The third-order valence-electron chi connectivity index (χ3n) is 7.05. The van der Waals surface area contributed by atoms with E-state index in [1.165, 1.54) is 0 Å². The normalized spacial score (nSPS) is 19.7. The number of amides is 2. The summed E-state index contributed by atoms with van der Waals surface area (Å²) in [6.07, 6.45) is 7.67. The van der Waals surface area contributed by atoms with Crippen LogP contribution in [0.2, 0.25) is 0 Å². The van der Waals surface area contributed by atoms with Crippen LogP contribution in [0, 0.1) is 12.3 Å². The van der Waals surface area contributed by atoms with E-state index in [2.05, 4.69) is 40.8 Å². The van der Waals surface area contributed by atoms with Gasteiger partial charge in [0, 0.05) is 31.9 Å². The Morgan fingerprint density at radius 1 is 1.06 bits per heavy atom. The molecule has 7 heteroatoms. The largest absolute Gasteiger partial charge is 0.364 e. The third kappa shape index (κ3) is 4.75. The molecule has 36 heavy (non-hydrogen) atoms. The standard InChI is InChI=1S/C29H31N5O2/c1-21-19-26(27(30)35)32-34(21)25-9-7-22(8-10-25)20-29(28(36)33-17-15-31-16-18-33)13-11-24(12-14-29)23-5-3-2-4-6-23/h2-13,19,31H,14-18,20H2,1H3,(H2,30,35). The van der Waals surface area contributed by atoms with Gasteiger partial charge in [0.15, 0.2) is 5.69 Å². The Bertz CT molecular complexity index is 1320. The SMILES string of the molecule is Cc1cc(C(N)=O)nn1-c1ccc(CC2(C(=O)N3CCNCC3)C=CC(c3ccccc3)=CC2)cc1. The van der Waals surface area contributed by atoms with Gasteiger partial charge >= 0.3 is 0 Å². The predicted molar refractivity (Wildman–Crippen MR) is 141 cm³/mol. The Labute approximate surface area is 211 Å². The molecule has 1 aliphatic heterocycles. The smallest absolute Gasteiger partial charge is 0.269 e. The van der Waals surface area contributed by atoms with Crippen LogP contribution < -0.4 is 11.1 Å². The molecular weight excluding hydrogens is 450 g/mol. The van der Waals surface area contributed by atoms with Crippen molar-refractivity contribution in [1.82, 2.24) is 20.0 Å². The molecule has 184 valence electrons. The number of primary amides is 1. The van der Waals surface area contributed by atoms with Crippen molar-refractivity contribution < 1.29 is 9.59 Å². The highest BCUT2D eigenvalue weighted by molar-refractivity contribution is 5.91. The number of nitrogens with one attached hydrogen (secondary N) is 1. The lowest BCUT2D eigenvalue weighted by molar-refractivity contribution is -0.140. The summed E-state index contributed by atoms with van der Waals surface area (Å²) < 4.78 is 1.71. The molecule has 3 aromatic rings. The monoisotopic (exact) mass is 481 g/mol. The van der Waals surface area contributed by atoms with E-state index >= 15 is 0 Å². The van der Waals surface area contributed by atoms with Crippen LogP contribution >= 0.6 is 0 Å². The number of piperazine rings is 1. The maximum Gasteiger partial charge on any atom is 0.269 e. The van der Waals surface area contributed by atoms with Crippen molar-refractivity contribution in [1.29, 1.82) is 0 Å². The lowest BCUT2D eigenvalue weighted by Crippen LogP contribution is -2.52. The number of carbonyl (C=O) groups excluding carboxylic acids is 2. The summed E-state index contributed by atoms with van der Waals surface area (Å²) in [4.78, 5) is 27.4. The minimum Gasteiger partial charge on any atom is -0.364 e. The predicted octanol–water partition coefficient (Wildman–Crippen LogP) is 3.28. The number of hydrogen-bond acceptors (Lipinski definition) is 4. The minimum atomic E-state index is -0.627. The van der Waals surface area contributed by atoms with E-state index in [0.29, 0.717) is 12.8 Å². The second-order valence-corrected chi connectivity index (χ2v) is 9.55. The summed E-state index contributed by atoms with van der Waals surface area (Å²) in [7, 11) is 0. The molecule has 0 spiro atoms. The first-order valence-corrected chi connectivity index (χ1v) is 12.4. The van der Waals surface area contributed by atoms with Gasteiger partial charge in [0.25, 0.3) is 5.91 Å². The van der Waals surface area contributed by atoms with E-state index in [0.717, 1.165) is 54.3 Å². The highest BCUT2D eigenvalue weighted by Gasteiger charge is 2.40. The quantitative estimate of drug-likeness (QED) is 0.565. The van der Waals surface area contributed by atoms with Crippen LogP contribution in [0.3, 0.4) is 0 Å². The number of nitrogens with two attached hydrogens (primary N) is 1. The maximum atomic E-state index is 13.9. The second kappa shape index (κ2) is 9.95. The van der Waals surface area contributed by atoms with Crippen molar-refractivity contribution in [2.24, 2.45) is 11.1 Å². The van der Waals surface area contributed by atoms with Crippen LogP contribution in [0.25, 0.3) is 11.3 Å². The first kappa shape index (κ1) is 23.8. The van der Waals surface area contributed by atoms with Crippen molar-refractivity contribution in [2.75, 3.05) is 26.2 Å². The van der Waals surface area contributed by atoms with Crippen LogP contribution in [0.4, 0.5) is 0 Å². The molecule has 1 saturated heterocycles. The van der Waals surface area contributed by atoms with Gasteiger partial charge in [-0.15, -0.1) is 0 Å². The molecule has 1 atom stereocenters. The Kier molecular flexibility index (Phi) is 6.57. The van der Waals surface area contributed by atoms with Crippen molar-refractivity contribution in [3.05, 3.63) is 101 Å². The molecule has 5 rings (SSSR count). The van der Waals surface area contributed by atoms with E-state index < -0.39 is 11.3 Å². The fourth-order valence-electron chi connectivity index (χ4n) is 5.05. The van der Waals surface area contributed by atoms with Gasteiger partial charge in [0.1, 0.15) is 0 Å². The van der Waals surface area contributed by atoms with Crippen LogP contribution in [0.15, 0.2) is 78.9 Å². The minimum absolute atomic E-state index is 0.182. The number of rotatable bonds is 6. The number of benzene rings is 2. The number of allylic oxidation sites excluding steroid dienone is 3. The molecule has 7 nitrogen and oxygen atoms in total. The fraction of sp³-hybridized carbons (Fsp3) is 0.276. The van der Waals surface area contributed by atoms with Gasteiger partial charge in [-0.05, 0) is 54.7 Å². The van der Waals surface area contributed by atoms with Gasteiger partial charge in [-0.3, -0.25) is 9.59 Å². The van der Waals surface area contributed by atoms with Crippen LogP contribution in [0.1, 0.15) is 33.7 Å². The Hall–Kier alpha value is -3.97. The number of hydrogen-bond donors (Lipinski definition) is 2. The molecule has 0 saturated carbocycles. The average Bonchev–Trinajstić information content (AvgIpc) is 3.32. The first-order valence-electron chi connectivity index (χ1n) is 12.4. The van der Waals surface area contributed by atoms with Gasteiger partial charge < -0.3 is 16.0 Å². The number of nitrogens with zero attached hydrogens (tertiary/aromatic N) is 3. The fourth-order valence-corrected chi connectivity index (χ4v) is 5.05. The molecule has 2 aromatic carbocycles. The summed E-state index contributed by atoms with van der Waals surface area (Å²) >= 11 is 0. The zero-order valence-electron chi connectivity index (χ0n) is 20.5. The molecule has 3 N–H and O–H groups in total. The van der Waals surface area contributed by atoms with Crippen LogP contribution in [-0.4, -0.2) is 52.7 Å². The first-order chi connectivity index (χ1) is 17.4. The zero-order valence-corrected chi connectivity index (χ0v) is 20.5. The van der Waals surface area contributed by atoms with Gasteiger partial charge in [-0.25, -0.2) is 4.68 Å². The van der Waals surface area contributed by atoms with Crippen LogP contribution in [-0.2, 0) is 11.2 Å². The third-order valence-corrected chi connectivity index (χ3v) is 7.05. The number of carbonyl (C=O) groups is 2. The lowest BCUT2D eigenvalue weighted by Gasteiger charge is -2.38. The second-order valence-electron chi connectivity index (χ2n) is 9.55. The highest BCUT2D eigenvalue weighted by Crippen LogP contribution is 2.38. The van der Waals surface area contributed by atoms with Crippen molar-refractivity contribution in [2.45, 2.75) is 19.8 Å². The Morgan fingerprint density at radius 2 is 1.78 bits per heavy atom. The summed E-state index contributed by atoms with van der Waals surface area (Å²) in [5, 5.41) is 7.66. The Morgan fingerprint density at radius 3 is 2.39 bits per heavy atom. The highest BCUT2D eigenvalue weighted by atomic mass is 16.2. The number of aryl methyl sites for hydroxylation is 1. The summed E-state index contributed by atoms with van der Waals surface area (Å²) in [5.74, 6) is -0.365. The van der Waals surface area contributed by atoms with Crippen molar-refractivity contribution in [3.63, 3.8) is 0 Å². The summed E-state index contributed by atoms with van der Waals surface area (Å²) in [5.41, 5.74) is 10.1. The van der Waals surface area contributed by atoms with E-state index in [1.54, 1.807) is 10.7 Å². The molecular formula is C29H31N5O2. The molecule has 2 aliphatic rings. The van der Waals surface area contributed by atoms with E-state index in [9.17, 15) is 9.59 Å². The molecule has 1 unspecified atom stereocenters. The summed E-state index contributed by atoms with van der Waals surface area (Å²) in [6.45, 7) is 4.98. The van der Waals surface area contributed by atoms with Gasteiger partial charge in [0.05, 0.1) is 11.1 Å². The molecule has 0 radical (unpaired) electrons. The maximum absolute atomic E-state index is 13.9.